The molecule has 2 amide bonds. The number of unbranched alkanes of at least 4 members (excludes halogenated alkanes) is 1. The lowest BCUT2D eigenvalue weighted by Gasteiger charge is -2.16. The number of ether oxygens (including phenoxy) is 1. The Morgan fingerprint density at radius 3 is 2.63 bits per heavy atom. The molecule has 0 fully saturated rings. The van der Waals surface area contributed by atoms with Crippen LogP contribution in [-0.2, 0) is 4.79 Å². The van der Waals surface area contributed by atoms with Crippen molar-refractivity contribution in [3.05, 3.63) is 71.8 Å². The van der Waals surface area contributed by atoms with Gasteiger partial charge in [0.2, 0.25) is 0 Å². The van der Waals surface area contributed by atoms with Gasteiger partial charge < -0.3 is 4.74 Å². The third-order valence-electron chi connectivity index (χ3n) is 5.00. The molecule has 1 N–H and O–H groups in total. The van der Waals surface area contributed by atoms with Crippen molar-refractivity contribution in [3.8, 4) is 5.75 Å². The highest BCUT2D eigenvalue weighted by molar-refractivity contribution is 6.26. The number of nitrogens with one attached hydrogen (secondary N) is 1. The van der Waals surface area contributed by atoms with Crippen molar-refractivity contribution < 1.29 is 14.3 Å². The number of nitrogens with zero attached hydrogens (tertiary/aromatic N) is 2. The highest BCUT2D eigenvalue weighted by Crippen LogP contribution is 2.36. The molecule has 0 radical (unpaired) electrons. The van der Waals surface area contributed by atoms with Crippen LogP contribution in [0.15, 0.2) is 65.8 Å². The molecule has 1 aliphatic heterocycles. The number of hydrogen-bond acceptors (Lipinski definition) is 4. The molecule has 0 atom stereocenters. The van der Waals surface area contributed by atoms with Gasteiger partial charge in [-0.25, -0.2) is 5.43 Å². The molecular weight excluding hydrogens is 378 g/mol. The van der Waals surface area contributed by atoms with Gasteiger partial charge in [0.25, 0.3) is 11.8 Å². The van der Waals surface area contributed by atoms with Gasteiger partial charge in [-0.1, -0.05) is 37.6 Å². The standard InChI is InChI=1S/C24H23N3O3/c1-2-3-14-30-19-12-10-17(11-13-19)15-25-26-22(28)16-27-21-9-5-7-18-6-4-8-20(23(18)21)24(27)29/h4-13,15H,2-3,14,16H2,1H3,(H,26,28). The van der Waals surface area contributed by atoms with Gasteiger partial charge in [-0.2, -0.15) is 5.10 Å². The summed E-state index contributed by atoms with van der Waals surface area (Å²) in [5.41, 5.74) is 4.72. The molecule has 1 heterocycles. The van der Waals surface area contributed by atoms with Crippen LogP contribution >= 0.6 is 0 Å². The Hall–Kier alpha value is -3.67. The highest BCUT2D eigenvalue weighted by atomic mass is 16.5. The molecule has 0 aliphatic carbocycles. The summed E-state index contributed by atoms with van der Waals surface area (Å²) in [5, 5.41) is 5.89. The van der Waals surface area contributed by atoms with Gasteiger partial charge in [-0.15, -0.1) is 0 Å². The zero-order chi connectivity index (χ0) is 20.9. The van der Waals surface area contributed by atoms with E-state index in [1.807, 2.05) is 54.6 Å². The number of carbonyl (C=O) groups excluding carboxylic acids is 2. The Bertz CT molecular complexity index is 1100. The minimum Gasteiger partial charge on any atom is -0.494 e. The fourth-order valence-corrected chi connectivity index (χ4v) is 3.48. The van der Waals surface area contributed by atoms with Gasteiger partial charge in [0.1, 0.15) is 12.3 Å². The first kappa shape index (κ1) is 19.6. The van der Waals surface area contributed by atoms with E-state index in [-0.39, 0.29) is 18.4 Å². The molecule has 0 spiro atoms. The molecular formula is C24H23N3O3. The average molecular weight is 401 g/mol. The third kappa shape index (κ3) is 4.03. The predicted molar refractivity (Wildman–Crippen MR) is 118 cm³/mol. The van der Waals surface area contributed by atoms with Crippen LogP contribution in [0.3, 0.4) is 0 Å². The molecule has 30 heavy (non-hydrogen) atoms. The Balaban J connectivity index is 1.36. The Morgan fingerprint density at radius 2 is 1.87 bits per heavy atom. The largest absolute Gasteiger partial charge is 0.494 e. The number of carbonyl (C=O) groups is 2. The fourth-order valence-electron chi connectivity index (χ4n) is 3.48. The van der Waals surface area contributed by atoms with E-state index in [4.69, 9.17) is 4.74 Å². The van der Waals surface area contributed by atoms with Crippen LogP contribution in [0.5, 0.6) is 5.75 Å². The van der Waals surface area contributed by atoms with Gasteiger partial charge in [0, 0.05) is 10.9 Å². The van der Waals surface area contributed by atoms with Crippen molar-refractivity contribution in [1.82, 2.24) is 5.43 Å². The molecule has 0 saturated heterocycles. The van der Waals surface area contributed by atoms with E-state index in [9.17, 15) is 9.59 Å². The second kappa shape index (κ2) is 8.78. The van der Waals surface area contributed by atoms with Gasteiger partial charge in [0.15, 0.2) is 0 Å². The quantitative estimate of drug-likeness (QED) is 0.350. The van der Waals surface area contributed by atoms with Crippen LogP contribution in [0.2, 0.25) is 0 Å². The number of benzene rings is 3. The molecule has 0 saturated carbocycles. The summed E-state index contributed by atoms with van der Waals surface area (Å²) in [6.07, 6.45) is 3.68. The minimum absolute atomic E-state index is 0.0891. The van der Waals surface area contributed by atoms with Crippen LogP contribution in [0.25, 0.3) is 10.8 Å². The average Bonchev–Trinajstić information content (AvgIpc) is 3.03. The summed E-state index contributed by atoms with van der Waals surface area (Å²) in [6.45, 7) is 2.73. The van der Waals surface area contributed by atoms with Crippen LogP contribution in [0.4, 0.5) is 5.69 Å². The molecule has 0 aromatic heterocycles. The topological polar surface area (TPSA) is 71.0 Å². The number of rotatable bonds is 8. The van der Waals surface area contributed by atoms with E-state index in [0.717, 1.165) is 40.6 Å². The summed E-state index contributed by atoms with van der Waals surface area (Å²) in [6, 6.07) is 18.8. The second-order valence-corrected chi connectivity index (χ2v) is 7.14. The first-order valence-corrected chi connectivity index (χ1v) is 10.1. The molecule has 152 valence electrons. The van der Waals surface area contributed by atoms with Crippen molar-refractivity contribution in [1.29, 1.82) is 0 Å². The summed E-state index contributed by atoms with van der Waals surface area (Å²) >= 11 is 0. The lowest BCUT2D eigenvalue weighted by Crippen LogP contribution is -2.37. The van der Waals surface area contributed by atoms with Crippen molar-refractivity contribution >= 4 is 34.5 Å². The van der Waals surface area contributed by atoms with Crippen LogP contribution in [0.1, 0.15) is 35.7 Å². The Kier molecular flexibility index (Phi) is 5.75. The number of hydrazone groups is 1. The predicted octanol–water partition coefficient (Wildman–Crippen LogP) is 4.13. The van der Waals surface area contributed by atoms with Crippen LogP contribution < -0.4 is 15.1 Å². The monoisotopic (exact) mass is 401 g/mol. The van der Waals surface area contributed by atoms with E-state index < -0.39 is 0 Å². The van der Waals surface area contributed by atoms with E-state index in [1.165, 1.54) is 4.90 Å². The van der Waals surface area contributed by atoms with Gasteiger partial charge >= 0.3 is 0 Å². The number of anilines is 1. The maximum atomic E-state index is 12.7. The van der Waals surface area contributed by atoms with Gasteiger partial charge in [-0.05, 0) is 53.8 Å². The molecule has 6 heteroatoms. The molecule has 6 nitrogen and oxygen atoms in total. The lowest BCUT2D eigenvalue weighted by atomic mass is 10.1. The maximum absolute atomic E-state index is 12.7. The molecule has 1 aliphatic rings. The summed E-state index contributed by atoms with van der Waals surface area (Å²) in [7, 11) is 0. The SMILES string of the molecule is CCCCOc1ccc(C=NNC(=O)CN2C(=O)c3cccc4cccc2c34)cc1. The summed E-state index contributed by atoms with van der Waals surface area (Å²) in [4.78, 5) is 26.6. The zero-order valence-corrected chi connectivity index (χ0v) is 16.8. The van der Waals surface area contributed by atoms with E-state index in [2.05, 4.69) is 17.5 Å². The third-order valence-corrected chi connectivity index (χ3v) is 5.00. The van der Waals surface area contributed by atoms with Crippen molar-refractivity contribution in [3.63, 3.8) is 0 Å². The van der Waals surface area contributed by atoms with Gasteiger partial charge in [-0.3, -0.25) is 14.5 Å². The fraction of sp³-hybridized carbons (Fsp3) is 0.208. The van der Waals surface area contributed by atoms with Crippen LogP contribution in [0, 0.1) is 0 Å². The summed E-state index contributed by atoms with van der Waals surface area (Å²) in [5.74, 6) is 0.287. The normalized spacial score (nSPS) is 12.7. The van der Waals surface area contributed by atoms with E-state index >= 15 is 0 Å². The first-order valence-electron chi connectivity index (χ1n) is 10.1. The summed E-state index contributed by atoms with van der Waals surface area (Å²) < 4.78 is 5.63. The first-order chi connectivity index (χ1) is 14.7. The number of amides is 2. The molecule has 3 aromatic carbocycles. The zero-order valence-electron chi connectivity index (χ0n) is 16.8. The highest BCUT2D eigenvalue weighted by Gasteiger charge is 2.30. The number of hydrogen-bond donors (Lipinski definition) is 1. The van der Waals surface area contributed by atoms with Crippen molar-refractivity contribution in [2.75, 3.05) is 18.1 Å². The molecule has 0 unspecified atom stereocenters. The molecule has 3 aromatic rings. The lowest BCUT2D eigenvalue weighted by molar-refractivity contribution is -0.119. The molecule has 4 rings (SSSR count). The minimum atomic E-state index is -0.357. The smallest absolute Gasteiger partial charge is 0.260 e. The second-order valence-electron chi connectivity index (χ2n) is 7.14. The van der Waals surface area contributed by atoms with Crippen molar-refractivity contribution in [2.24, 2.45) is 5.10 Å². The Labute approximate surface area is 175 Å². The van der Waals surface area contributed by atoms with Crippen LogP contribution in [-0.4, -0.2) is 31.2 Å². The van der Waals surface area contributed by atoms with E-state index in [1.54, 1.807) is 12.3 Å². The van der Waals surface area contributed by atoms with Crippen molar-refractivity contribution in [2.45, 2.75) is 19.8 Å². The Morgan fingerprint density at radius 1 is 1.10 bits per heavy atom. The maximum Gasteiger partial charge on any atom is 0.260 e. The molecule has 0 bridgehead atoms. The van der Waals surface area contributed by atoms with Gasteiger partial charge in [0.05, 0.1) is 18.5 Å². The van der Waals surface area contributed by atoms with E-state index in [0.29, 0.717) is 12.2 Å².